The Balaban J connectivity index is 1.62. The lowest BCUT2D eigenvalue weighted by atomic mass is 10.1. The van der Waals surface area contributed by atoms with Crippen LogP contribution in [0.1, 0.15) is 5.56 Å². The van der Waals surface area contributed by atoms with Crippen molar-refractivity contribution in [1.82, 2.24) is 5.32 Å². The molecule has 0 atom stereocenters. The molecule has 2 N–H and O–H groups in total. The van der Waals surface area contributed by atoms with Crippen molar-refractivity contribution >= 4 is 28.9 Å². The summed E-state index contributed by atoms with van der Waals surface area (Å²) in [5, 5.41) is 8.00. The van der Waals surface area contributed by atoms with Gasteiger partial charge in [-0.1, -0.05) is 53.5 Å². The first-order valence-corrected chi connectivity index (χ1v) is 7.44. The lowest BCUT2D eigenvalue weighted by Gasteiger charge is -2.09. The van der Waals surface area contributed by atoms with Gasteiger partial charge >= 0.3 is 0 Å². The SMILES string of the molecule is Clc1cc(Cl)cc(NCCNCCc2ccccc2)c1. The van der Waals surface area contributed by atoms with Crippen molar-refractivity contribution in [2.24, 2.45) is 0 Å². The molecule has 0 spiro atoms. The van der Waals surface area contributed by atoms with Crippen LogP contribution in [0.5, 0.6) is 0 Å². The number of nitrogens with one attached hydrogen (secondary N) is 2. The monoisotopic (exact) mass is 308 g/mol. The summed E-state index contributed by atoms with van der Waals surface area (Å²) in [6.07, 6.45) is 1.05. The first-order valence-electron chi connectivity index (χ1n) is 6.68. The Morgan fingerprint density at radius 1 is 0.800 bits per heavy atom. The fourth-order valence-corrected chi connectivity index (χ4v) is 2.48. The number of benzene rings is 2. The summed E-state index contributed by atoms with van der Waals surface area (Å²) in [4.78, 5) is 0. The second-order valence-electron chi connectivity index (χ2n) is 4.57. The average molecular weight is 309 g/mol. The second kappa shape index (κ2) is 8.15. The van der Waals surface area contributed by atoms with E-state index in [0.717, 1.165) is 31.7 Å². The maximum absolute atomic E-state index is 5.94. The summed E-state index contributed by atoms with van der Waals surface area (Å²) < 4.78 is 0. The van der Waals surface area contributed by atoms with Crippen molar-refractivity contribution in [3.05, 3.63) is 64.1 Å². The molecule has 2 aromatic rings. The molecule has 0 fully saturated rings. The maximum Gasteiger partial charge on any atom is 0.0441 e. The second-order valence-corrected chi connectivity index (χ2v) is 5.44. The standard InChI is InChI=1S/C16H18Cl2N2/c17-14-10-15(18)12-16(11-14)20-9-8-19-7-6-13-4-2-1-3-5-13/h1-5,10-12,19-20H,6-9H2. The van der Waals surface area contributed by atoms with E-state index in [2.05, 4.69) is 34.9 Å². The van der Waals surface area contributed by atoms with Crippen LogP contribution in [0.25, 0.3) is 0 Å². The van der Waals surface area contributed by atoms with E-state index >= 15 is 0 Å². The van der Waals surface area contributed by atoms with E-state index in [1.54, 1.807) is 6.07 Å². The number of rotatable bonds is 7. The van der Waals surface area contributed by atoms with Gasteiger partial charge in [0.1, 0.15) is 0 Å². The summed E-state index contributed by atoms with van der Waals surface area (Å²) in [6, 6.07) is 15.9. The summed E-state index contributed by atoms with van der Waals surface area (Å²) in [6.45, 7) is 2.71. The van der Waals surface area contributed by atoms with Crippen LogP contribution in [0.15, 0.2) is 48.5 Å². The predicted octanol–water partition coefficient (Wildman–Crippen LogP) is 4.24. The van der Waals surface area contributed by atoms with Crippen molar-refractivity contribution in [3.63, 3.8) is 0 Å². The topological polar surface area (TPSA) is 24.1 Å². The van der Waals surface area contributed by atoms with Crippen LogP contribution >= 0.6 is 23.2 Å². The summed E-state index contributed by atoms with van der Waals surface area (Å²) in [7, 11) is 0. The maximum atomic E-state index is 5.94. The van der Waals surface area contributed by atoms with E-state index in [-0.39, 0.29) is 0 Å². The van der Waals surface area contributed by atoms with Crippen LogP contribution in [-0.2, 0) is 6.42 Å². The van der Waals surface area contributed by atoms with E-state index in [0.29, 0.717) is 10.0 Å². The lowest BCUT2D eigenvalue weighted by Crippen LogP contribution is -2.24. The third-order valence-electron chi connectivity index (χ3n) is 2.93. The van der Waals surface area contributed by atoms with Gasteiger partial charge < -0.3 is 10.6 Å². The minimum absolute atomic E-state index is 0.650. The molecule has 0 amide bonds. The molecule has 0 aliphatic rings. The van der Waals surface area contributed by atoms with Gasteiger partial charge in [-0.25, -0.2) is 0 Å². The molecule has 0 heterocycles. The predicted molar refractivity (Wildman–Crippen MR) is 88.0 cm³/mol. The molecule has 0 aromatic heterocycles. The molecule has 4 heteroatoms. The Hall–Kier alpha value is -1.22. The van der Waals surface area contributed by atoms with E-state index in [1.165, 1.54) is 5.56 Å². The smallest absolute Gasteiger partial charge is 0.0441 e. The highest BCUT2D eigenvalue weighted by Gasteiger charge is 1.97. The zero-order valence-corrected chi connectivity index (χ0v) is 12.7. The van der Waals surface area contributed by atoms with Crippen LogP contribution in [0.2, 0.25) is 10.0 Å². The quantitative estimate of drug-likeness (QED) is 0.748. The average Bonchev–Trinajstić information content (AvgIpc) is 2.43. The van der Waals surface area contributed by atoms with Crippen LogP contribution in [-0.4, -0.2) is 19.6 Å². The van der Waals surface area contributed by atoms with Crippen molar-refractivity contribution in [3.8, 4) is 0 Å². The fourth-order valence-electron chi connectivity index (χ4n) is 1.95. The summed E-state index contributed by atoms with van der Waals surface area (Å²) in [5.41, 5.74) is 2.31. The van der Waals surface area contributed by atoms with E-state index in [4.69, 9.17) is 23.2 Å². The molecule has 106 valence electrons. The number of hydrogen-bond acceptors (Lipinski definition) is 2. The molecule has 20 heavy (non-hydrogen) atoms. The van der Waals surface area contributed by atoms with E-state index in [1.807, 2.05) is 18.2 Å². The Morgan fingerprint density at radius 2 is 1.50 bits per heavy atom. The molecule has 0 radical (unpaired) electrons. The molecular weight excluding hydrogens is 291 g/mol. The van der Waals surface area contributed by atoms with Crippen LogP contribution in [0.4, 0.5) is 5.69 Å². The zero-order chi connectivity index (χ0) is 14.2. The highest BCUT2D eigenvalue weighted by atomic mass is 35.5. The Morgan fingerprint density at radius 3 is 2.20 bits per heavy atom. The van der Waals surface area contributed by atoms with Gasteiger partial charge in [-0.2, -0.15) is 0 Å². The van der Waals surface area contributed by atoms with Crippen molar-refractivity contribution < 1.29 is 0 Å². The van der Waals surface area contributed by atoms with Gasteiger partial charge in [0.2, 0.25) is 0 Å². The van der Waals surface area contributed by atoms with Crippen molar-refractivity contribution in [2.45, 2.75) is 6.42 Å². The highest BCUT2D eigenvalue weighted by Crippen LogP contribution is 2.22. The van der Waals surface area contributed by atoms with Gasteiger partial charge in [-0.15, -0.1) is 0 Å². The van der Waals surface area contributed by atoms with Crippen LogP contribution in [0, 0.1) is 0 Å². The minimum atomic E-state index is 0.650. The Labute approximate surface area is 130 Å². The largest absolute Gasteiger partial charge is 0.384 e. The van der Waals surface area contributed by atoms with Gasteiger partial charge in [0.05, 0.1) is 0 Å². The lowest BCUT2D eigenvalue weighted by molar-refractivity contribution is 0.699. The Bertz CT molecular complexity index is 509. The minimum Gasteiger partial charge on any atom is -0.384 e. The van der Waals surface area contributed by atoms with Gasteiger partial charge in [0.25, 0.3) is 0 Å². The molecule has 0 saturated heterocycles. The van der Waals surface area contributed by atoms with Gasteiger partial charge in [-0.3, -0.25) is 0 Å². The van der Waals surface area contributed by atoms with Crippen LogP contribution in [0.3, 0.4) is 0 Å². The molecule has 0 unspecified atom stereocenters. The summed E-state index contributed by atoms with van der Waals surface area (Å²) >= 11 is 11.9. The zero-order valence-electron chi connectivity index (χ0n) is 11.2. The summed E-state index contributed by atoms with van der Waals surface area (Å²) in [5.74, 6) is 0. The van der Waals surface area contributed by atoms with Crippen LogP contribution < -0.4 is 10.6 Å². The molecule has 2 aromatic carbocycles. The number of anilines is 1. The highest BCUT2D eigenvalue weighted by molar-refractivity contribution is 6.35. The Kier molecular flexibility index (Phi) is 6.19. The first-order chi connectivity index (χ1) is 9.74. The molecule has 0 aliphatic carbocycles. The molecule has 0 saturated carbocycles. The van der Waals surface area contributed by atoms with Crippen molar-refractivity contribution in [1.29, 1.82) is 0 Å². The molecule has 2 rings (SSSR count). The van der Waals surface area contributed by atoms with E-state index < -0.39 is 0 Å². The van der Waals surface area contributed by atoms with Gasteiger partial charge in [0, 0.05) is 28.8 Å². The number of halogens is 2. The van der Waals surface area contributed by atoms with Crippen molar-refractivity contribution in [2.75, 3.05) is 25.0 Å². The third-order valence-corrected chi connectivity index (χ3v) is 3.36. The molecule has 0 aliphatic heterocycles. The molecule has 0 bridgehead atoms. The number of hydrogen-bond donors (Lipinski definition) is 2. The van der Waals surface area contributed by atoms with Gasteiger partial charge in [0.15, 0.2) is 0 Å². The first kappa shape index (κ1) is 15.2. The molecule has 2 nitrogen and oxygen atoms in total. The van der Waals surface area contributed by atoms with E-state index in [9.17, 15) is 0 Å². The van der Waals surface area contributed by atoms with Gasteiger partial charge in [-0.05, 0) is 36.7 Å². The fraction of sp³-hybridized carbons (Fsp3) is 0.250. The normalized spacial score (nSPS) is 10.5. The molecular formula is C16H18Cl2N2. The third kappa shape index (κ3) is 5.41.